The molecule has 0 spiro atoms. The standard InChI is InChI=1S/C21H29N3O3/c1-16(25)24-13-10-18-14-17(6-7-19(18)24)15-22-20(26)8-9-21(27)23-11-4-2-3-5-12-23/h6-7,14H,2-5,8-13,15H2,1H3,(H,22,26). The Bertz CT molecular complexity index is 709. The summed E-state index contributed by atoms with van der Waals surface area (Å²) < 4.78 is 0. The maximum atomic E-state index is 12.3. The third kappa shape index (κ3) is 5.08. The van der Waals surface area contributed by atoms with Gasteiger partial charge in [0.1, 0.15) is 0 Å². The molecule has 2 heterocycles. The number of nitrogens with zero attached hydrogens (tertiary/aromatic N) is 2. The van der Waals surface area contributed by atoms with Crippen LogP contribution in [0.3, 0.4) is 0 Å². The first-order valence-electron chi connectivity index (χ1n) is 9.99. The molecule has 0 bridgehead atoms. The Kier molecular flexibility index (Phi) is 6.48. The number of amides is 3. The molecule has 3 rings (SSSR count). The Morgan fingerprint density at radius 1 is 1.00 bits per heavy atom. The van der Waals surface area contributed by atoms with Gasteiger partial charge in [-0.1, -0.05) is 25.0 Å². The van der Waals surface area contributed by atoms with Crippen molar-refractivity contribution in [3.8, 4) is 0 Å². The number of rotatable bonds is 5. The van der Waals surface area contributed by atoms with Crippen LogP contribution in [0.2, 0.25) is 0 Å². The summed E-state index contributed by atoms with van der Waals surface area (Å²) >= 11 is 0. The van der Waals surface area contributed by atoms with Crippen LogP contribution in [0, 0.1) is 0 Å². The molecule has 0 unspecified atom stereocenters. The van der Waals surface area contributed by atoms with Crippen molar-refractivity contribution in [3.63, 3.8) is 0 Å². The number of likely N-dealkylation sites (tertiary alicyclic amines) is 1. The highest BCUT2D eigenvalue weighted by Crippen LogP contribution is 2.28. The van der Waals surface area contributed by atoms with E-state index in [0.717, 1.165) is 55.7 Å². The lowest BCUT2D eigenvalue weighted by atomic mass is 10.1. The van der Waals surface area contributed by atoms with E-state index in [0.29, 0.717) is 6.54 Å². The number of carbonyl (C=O) groups is 3. The zero-order valence-electron chi connectivity index (χ0n) is 16.1. The van der Waals surface area contributed by atoms with Gasteiger partial charge in [-0.15, -0.1) is 0 Å². The largest absolute Gasteiger partial charge is 0.352 e. The number of fused-ring (bicyclic) bond motifs is 1. The molecule has 27 heavy (non-hydrogen) atoms. The molecule has 1 saturated heterocycles. The number of anilines is 1. The summed E-state index contributed by atoms with van der Waals surface area (Å²) in [5.41, 5.74) is 3.14. The number of carbonyl (C=O) groups excluding carboxylic acids is 3. The Balaban J connectivity index is 1.44. The molecule has 3 amide bonds. The van der Waals surface area contributed by atoms with Crippen molar-refractivity contribution in [3.05, 3.63) is 29.3 Å². The highest BCUT2D eigenvalue weighted by atomic mass is 16.2. The van der Waals surface area contributed by atoms with E-state index in [-0.39, 0.29) is 30.6 Å². The Labute approximate surface area is 160 Å². The summed E-state index contributed by atoms with van der Waals surface area (Å²) in [7, 11) is 0. The molecule has 0 aliphatic carbocycles. The number of hydrogen-bond donors (Lipinski definition) is 1. The van der Waals surface area contributed by atoms with E-state index in [1.54, 1.807) is 11.8 Å². The molecule has 146 valence electrons. The molecule has 6 heteroatoms. The monoisotopic (exact) mass is 371 g/mol. The second-order valence-electron chi connectivity index (χ2n) is 7.46. The predicted octanol–water partition coefficient (Wildman–Crippen LogP) is 2.39. The second-order valence-corrected chi connectivity index (χ2v) is 7.46. The molecule has 1 fully saturated rings. The first kappa shape index (κ1) is 19.4. The first-order valence-corrected chi connectivity index (χ1v) is 9.99. The zero-order chi connectivity index (χ0) is 19.2. The van der Waals surface area contributed by atoms with Crippen LogP contribution in [0.4, 0.5) is 5.69 Å². The average Bonchev–Trinajstić information content (AvgIpc) is 2.89. The molecule has 2 aliphatic heterocycles. The molecule has 0 atom stereocenters. The fourth-order valence-electron chi connectivity index (χ4n) is 3.88. The van der Waals surface area contributed by atoms with Crippen molar-refractivity contribution in [2.45, 2.75) is 58.4 Å². The summed E-state index contributed by atoms with van der Waals surface area (Å²) in [5.74, 6) is 0.0572. The Hall–Kier alpha value is -2.37. The third-order valence-corrected chi connectivity index (χ3v) is 5.43. The minimum atomic E-state index is -0.0935. The highest BCUT2D eigenvalue weighted by molar-refractivity contribution is 5.93. The van der Waals surface area contributed by atoms with E-state index in [1.165, 1.54) is 12.8 Å². The van der Waals surface area contributed by atoms with Crippen molar-refractivity contribution in [1.82, 2.24) is 10.2 Å². The summed E-state index contributed by atoms with van der Waals surface area (Å²) in [5, 5.41) is 2.90. The van der Waals surface area contributed by atoms with Crippen LogP contribution in [-0.4, -0.2) is 42.3 Å². The van der Waals surface area contributed by atoms with Crippen molar-refractivity contribution in [2.24, 2.45) is 0 Å². The van der Waals surface area contributed by atoms with Crippen molar-refractivity contribution in [2.75, 3.05) is 24.5 Å². The van der Waals surface area contributed by atoms with E-state index >= 15 is 0 Å². The van der Waals surface area contributed by atoms with E-state index < -0.39 is 0 Å². The maximum absolute atomic E-state index is 12.3. The molecule has 6 nitrogen and oxygen atoms in total. The van der Waals surface area contributed by atoms with Crippen LogP contribution in [-0.2, 0) is 27.3 Å². The van der Waals surface area contributed by atoms with Crippen molar-refractivity contribution < 1.29 is 14.4 Å². The predicted molar refractivity (Wildman–Crippen MR) is 104 cm³/mol. The fraction of sp³-hybridized carbons (Fsp3) is 0.571. The Morgan fingerprint density at radius 2 is 1.74 bits per heavy atom. The molecular weight excluding hydrogens is 342 g/mol. The molecule has 1 aromatic rings. The van der Waals surface area contributed by atoms with Crippen molar-refractivity contribution in [1.29, 1.82) is 0 Å². The van der Waals surface area contributed by atoms with Gasteiger partial charge in [0.2, 0.25) is 17.7 Å². The van der Waals surface area contributed by atoms with Gasteiger partial charge in [0, 0.05) is 51.6 Å². The summed E-state index contributed by atoms with van der Waals surface area (Å²) in [6.07, 6.45) is 5.88. The van der Waals surface area contributed by atoms with Crippen LogP contribution < -0.4 is 10.2 Å². The average molecular weight is 371 g/mol. The van der Waals surface area contributed by atoms with Crippen LogP contribution >= 0.6 is 0 Å². The van der Waals surface area contributed by atoms with Crippen LogP contribution in [0.25, 0.3) is 0 Å². The smallest absolute Gasteiger partial charge is 0.223 e. The van der Waals surface area contributed by atoms with Gasteiger partial charge < -0.3 is 15.1 Å². The van der Waals surface area contributed by atoms with E-state index in [4.69, 9.17) is 0 Å². The van der Waals surface area contributed by atoms with Gasteiger partial charge in [0.25, 0.3) is 0 Å². The lowest BCUT2D eigenvalue weighted by molar-refractivity contribution is -0.133. The normalized spacial score (nSPS) is 16.6. The first-order chi connectivity index (χ1) is 13.0. The number of hydrogen-bond acceptors (Lipinski definition) is 3. The van der Waals surface area contributed by atoms with Crippen LogP contribution in [0.15, 0.2) is 18.2 Å². The maximum Gasteiger partial charge on any atom is 0.223 e. The van der Waals surface area contributed by atoms with Gasteiger partial charge in [-0.25, -0.2) is 0 Å². The lowest BCUT2D eigenvalue weighted by Crippen LogP contribution is -2.33. The van der Waals surface area contributed by atoms with Gasteiger partial charge in [-0.05, 0) is 36.5 Å². The molecule has 1 aromatic carbocycles. The summed E-state index contributed by atoms with van der Waals surface area (Å²) in [6, 6.07) is 5.96. The van der Waals surface area contributed by atoms with Gasteiger partial charge >= 0.3 is 0 Å². The van der Waals surface area contributed by atoms with E-state index in [2.05, 4.69) is 11.4 Å². The SMILES string of the molecule is CC(=O)N1CCc2cc(CNC(=O)CCC(=O)N3CCCCCC3)ccc21. The van der Waals surface area contributed by atoms with Gasteiger partial charge in [-0.3, -0.25) is 14.4 Å². The van der Waals surface area contributed by atoms with Crippen molar-refractivity contribution >= 4 is 23.4 Å². The minimum absolute atomic E-state index is 0.0591. The quantitative estimate of drug-likeness (QED) is 0.864. The second kappa shape index (κ2) is 9.02. The van der Waals surface area contributed by atoms with Crippen LogP contribution in [0.1, 0.15) is 56.6 Å². The highest BCUT2D eigenvalue weighted by Gasteiger charge is 2.22. The van der Waals surface area contributed by atoms with E-state index in [9.17, 15) is 14.4 Å². The molecule has 2 aliphatic rings. The van der Waals surface area contributed by atoms with Gasteiger partial charge in [-0.2, -0.15) is 0 Å². The number of benzene rings is 1. The number of nitrogens with one attached hydrogen (secondary N) is 1. The minimum Gasteiger partial charge on any atom is -0.352 e. The lowest BCUT2D eigenvalue weighted by Gasteiger charge is -2.20. The third-order valence-electron chi connectivity index (χ3n) is 5.43. The molecule has 1 N–H and O–H groups in total. The molecule has 0 aromatic heterocycles. The molecular formula is C21H29N3O3. The molecule has 0 saturated carbocycles. The zero-order valence-corrected chi connectivity index (χ0v) is 16.1. The van der Waals surface area contributed by atoms with Crippen LogP contribution in [0.5, 0.6) is 0 Å². The fourth-order valence-corrected chi connectivity index (χ4v) is 3.88. The topological polar surface area (TPSA) is 69.7 Å². The van der Waals surface area contributed by atoms with Gasteiger partial charge in [0.15, 0.2) is 0 Å². The Morgan fingerprint density at radius 3 is 2.44 bits per heavy atom. The molecule has 0 radical (unpaired) electrons. The van der Waals surface area contributed by atoms with Gasteiger partial charge in [0.05, 0.1) is 0 Å². The summed E-state index contributed by atoms with van der Waals surface area (Å²) in [6.45, 7) is 4.40. The summed E-state index contributed by atoms with van der Waals surface area (Å²) in [4.78, 5) is 39.7. The van der Waals surface area contributed by atoms with E-state index in [1.807, 2.05) is 17.0 Å².